The second-order valence-electron chi connectivity index (χ2n) is 6.61. The third-order valence-electron chi connectivity index (χ3n) is 4.56. The van der Waals surface area contributed by atoms with Crippen molar-refractivity contribution < 1.29 is 4.74 Å². The summed E-state index contributed by atoms with van der Waals surface area (Å²) in [5, 5.41) is 0. The van der Waals surface area contributed by atoms with Gasteiger partial charge in [-0.1, -0.05) is 13.8 Å². The summed E-state index contributed by atoms with van der Waals surface area (Å²) in [5.74, 6) is 2.88. The van der Waals surface area contributed by atoms with Gasteiger partial charge in [-0.3, -0.25) is 0 Å². The topological polar surface area (TPSA) is 38.3 Å². The summed E-state index contributed by atoms with van der Waals surface area (Å²) in [5.41, 5.74) is 1.13. The van der Waals surface area contributed by atoms with E-state index in [1.807, 2.05) is 0 Å². The van der Waals surface area contributed by atoms with Crippen LogP contribution < -0.4 is 4.74 Å². The third kappa shape index (κ3) is 3.14. The molecule has 4 nitrogen and oxygen atoms in total. The normalized spacial score (nSPS) is 29.1. The van der Waals surface area contributed by atoms with E-state index < -0.39 is 0 Å². The van der Waals surface area contributed by atoms with Crippen LogP contribution >= 0.6 is 11.7 Å². The van der Waals surface area contributed by atoms with E-state index in [-0.39, 0.29) is 0 Å². The number of hydrogen-bond acceptors (Lipinski definition) is 5. The molecule has 3 rings (SSSR count). The van der Waals surface area contributed by atoms with Crippen LogP contribution in [0.1, 0.15) is 51.1 Å². The van der Waals surface area contributed by atoms with Crippen LogP contribution in [0, 0.1) is 11.8 Å². The molecule has 0 spiro atoms. The first kappa shape index (κ1) is 14.3. The molecule has 2 saturated heterocycles. The van der Waals surface area contributed by atoms with E-state index in [0.29, 0.717) is 5.92 Å². The van der Waals surface area contributed by atoms with Gasteiger partial charge in [0.05, 0.1) is 18.3 Å². The van der Waals surface area contributed by atoms with Crippen LogP contribution in [0.2, 0.25) is 0 Å². The molecular formula is C15H25N3OS. The summed E-state index contributed by atoms with van der Waals surface area (Å²) in [7, 11) is 0. The number of ether oxygens (including phenoxy) is 1. The molecule has 0 amide bonds. The first-order valence-corrected chi connectivity index (χ1v) is 8.64. The average molecular weight is 295 g/mol. The van der Waals surface area contributed by atoms with Gasteiger partial charge in [-0.15, -0.1) is 4.37 Å². The van der Waals surface area contributed by atoms with Crippen molar-refractivity contribution in [3.05, 3.63) is 5.69 Å². The second kappa shape index (κ2) is 6.39. The minimum atomic E-state index is 0.552. The molecule has 0 saturated carbocycles. The van der Waals surface area contributed by atoms with Gasteiger partial charge in [-0.2, -0.15) is 4.37 Å². The Labute approximate surface area is 125 Å². The number of rotatable bonds is 6. The molecule has 112 valence electrons. The van der Waals surface area contributed by atoms with Crippen molar-refractivity contribution in [3.8, 4) is 5.88 Å². The van der Waals surface area contributed by atoms with Crippen molar-refractivity contribution >= 4 is 11.7 Å². The highest BCUT2D eigenvalue weighted by Gasteiger charge is 2.39. The van der Waals surface area contributed by atoms with Crippen molar-refractivity contribution in [1.82, 2.24) is 13.6 Å². The minimum absolute atomic E-state index is 0.552. The van der Waals surface area contributed by atoms with Crippen LogP contribution in [-0.2, 0) is 0 Å². The predicted octanol–water partition coefficient (Wildman–Crippen LogP) is 3.16. The lowest BCUT2D eigenvalue weighted by molar-refractivity contribution is 0.269. The van der Waals surface area contributed by atoms with Gasteiger partial charge in [0.15, 0.2) is 0 Å². The number of piperidine rings is 1. The fraction of sp³-hybridized carbons (Fsp3) is 0.867. The van der Waals surface area contributed by atoms with Gasteiger partial charge >= 0.3 is 0 Å². The molecule has 0 aliphatic carbocycles. The van der Waals surface area contributed by atoms with Crippen molar-refractivity contribution in [2.24, 2.45) is 11.8 Å². The van der Waals surface area contributed by atoms with Crippen LogP contribution in [-0.4, -0.2) is 39.9 Å². The lowest BCUT2D eigenvalue weighted by atomic mass is 9.89. The summed E-state index contributed by atoms with van der Waals surface area (Å²) >= 11 is 1.31. The standard InChI is InChI=1S/C15H25N3OS/c1-11(2)5-4-8-19-15-14(16-20-17-15)13-10-18-7-3-6-12(13)9-18/h11-13H,3-10H2,1-2H3. The van der Waals surface area contributed by atoms with Crippen molar-refractivity contribution in [1.29, 1.82) is 0 Å². The smallest absolute Gasteiger partial charge is 0.249 e. The first-order chi connectivity index (χ1) is 9.74. The quantitative estimate of drug-likeness (QED) is 0.756. The molecule has 1 aromatic heterocycles. The molecule has 3 heterocycles. The van der Waals surface area contributed by atoms with Gasteiger partial charge < -0.3 is 9.64 Å². The molecule has 0 aromatic carbocycles. The largest absolute Gasteiger partial charge is 0.476 e. The van der Waals surface area contributed by atoms with Gasteiger partial charge in [0.2, 0.25) is 5.88 Å². The highest BCUT2D eigenvalue weighted by molar-refractivity contribution is 6.99. The van der Waals surface area contributed by atoms with Gasteiger partial charge in [0.25, 0.3) is 0 Å². The molecule has 5 heteroatoms. The molecule has 3 atom stereocenters. The van der Waals surface area contributed by atoms with Gasteiger partial charge in [-0.25, -0.2) is 0 Å². The fourth-order valence-corrected chi connectivity index (χ4v) is 4.06. The maximum atomic E-state index is 5.91. The molecular weight excluding hydrogens is 270 g/mol. The second-order valence-corrected chi connectivity index (χ2v) is 7.14. The van der Waals surface area contributed by atoms with E-state index in [1.54, 1.807) is 0 Å². The maximum absolute atomic E-state index is 5.91. The Morgan fingerprint density at radius 3 is 3.05 bits per heavy atom. The van der Waals surface area contributed by atoms with E-state index in [9.17, 15) is 0 Å². The van der Waals surface area contributed by atoms with Crippen LogP contribution in [0.25, 0.3) is 0 Å². The average Bonchev–Trinajstić information content (AvgIpc) is 2.99. The zero-order valence-electron chi connectivity index (χ0n) is 12.5. The fourth-order valence-electron chi connectivity index (χ4n) is 3.50. The predicted molar refractivity (Wildman–Crippen MR) is 81.4 cm³/mol. The van der Waals surface area contributed by atoms with Crippen LogP contribution in [0.4, 0.5) is 0 Å². The van der Waals surface area contributed by atoms with E-state index in [1.165, 1.54) is 44.1 Å². The van der Waals surface area contributed by atoms with E-state index in [2.05, 4.69) is 27.5 Å². The SMILES string of the molecule is CC(C)CCCOc1nsnc1C1CN2CCCC1C2. The Morgan fingerprint density at radius 1 is 1.35 bits per heavy atom. The van der Waals surface area contributed by atoms with Crippen molar-refractivity contribution in [3.63, 3.8) is 0 Å². The Morgan fingerprint density at radius 2 is 2.25 bits per heavy atom. The lowest BCUT2D eigenvalue weighted by Crippen LogP contribution is -2.25. The molecule has 0 N–H and O–H groups in total. The molecule has 1 aromatic rings. The number of aromatic nitrogens is 2. The van der Waals surface area contributed by atoms with Gasteiger partial charge in [-0.05, 0) is 44.1 Å². The molecule has 2 bridgehead atoms. The monoisotopic (exact) mass is 295 g/mol. The summed E-state index contributed by atoms with van der Waals surface area (Å²) < 4.78 is 14.8. The highest BCUT2D eigenvalue weighted by Crippen LogP contribution is 2.41. The third-order valence-corrected chi connectivity index (χ3v) is 5.09. The zero-order valence-corrected chi connectivity index (χ0v) is 13.4. The van der Waals surface area contributed by atoms with Crippen molar-refractivity contribution in [2.45, 2.75) is 45.4 Å². The first-order valence-electron chi connectivity index (χ1n) is 7.91. The van der Waals surface area contributed by atoms with Crippen LogP contribution in [0.5, 0.6) is 5.88 Å². The van der Waals surface area contributed by atoms with E-state index >= 15 is 0 Å². The Hall–Kier alpha value is -0.680. The highest BCUT2D eigenvalue weighted by atomic mass is 32.1. The van der Waals surface area contributed by atoms with Crippen LogP contribution in [0.15, 0.2) is 0 Å². The summed E-state index contributed by atoms with van der Waals surface area (Å²) in [6, 6.07) is 0. The van der Waals surface area contributed by atoms with Gasteiger partial charge in [0, 0.05) is 19.0 Å². The van der Waals surface area contributed by atoms with Crippen molar-refractivity contribution in [2.75, 3.05) is 26.2 Å². The number of hydrogen-bond donors (Lipinski definition) is 0. The number of fused-ring (bicyclic) bond motifs is 2. The Kier molecular flexibility index (Phi) is 4.56. The minimum Gasteiger partial charge on any atom is -0.476 e. The molecule has 20 heavy (non-hydrogen) atoms. The molecule has 0 radical (unpaired) electrons. The lowest BCUT2D eigenvalue weighted by Gasteiger charge is -2.21. The summed E-state index contributed by atoms with van der Waals surface area (Å²) in [4.78, 5) is 2.57. The zero-order chi connectivity index (χ0) is 13.9. The van der Waals surface area contributed by atoms with E-state index in [4.69, 9.17) is 4.74 Å². The molecule has 2 fully saturated rings. The summed E-state index contributed by atoms with van der Waals surface area (Å²) in [6.45, 7) is 8.94. The molecule has 2 aliphatic rings. The van der Waals surface area contributed by atoms with E-state index in [0.717, 1.165) is 43.0 Å². The Bertz CT molecular complexity index is 435. The van der Waals surface area contributed by atoms with Gasteiger partial charge in [0.1, 0.15) is 5.69 Å². The Balaban J connectivity index is 1.59. The maximum Gasteiger partial charge on any atom is 0.249 e. The summed E-state index contributed by atoms with van der Waals surface area (Å²) in [6.07, 6.45) is 5.00. The number of nitrogens with zero attached hydrogens (tertiary/aromatic N) is 3. The molecule has 3 unspecified atom stereocenters. The molecule has 2 aliphatic heterocycles. The van der Waals surface area contributed by atoms with Crippen LogP contribution in [0.3, 0.4) is 0 Å².